The summed E-state index contributed by atoms with van der Waals surface area (Å²) in [6.07, 6.45) is 0.0353. The highest BCUT2D eigenvalue weighted by Crippen LogP contribution is 2.31. The number of carbonyl (C=O) groups is 1. The Balaban J connectivity index is 1.32. The van der Waals surface area contributed by atoms with E-state index in [1.54, 1.807) is 29.7 Å². The topological polar surface area (TPSA) is 79.8 Å². The zero-order chi connectivity index (χ0) is 27.2. The number of amides is 1. The average molecular weight is 531 g/mol. The number of hydroxylamine groups is 1. The Morgan fingerprint density at radius 3 is 2.13 bits per heavy atom. The lowest BCUT2D eigenvalue weighted by molar-refractivity contribution is -0.137. The van der Waals surface area contributed by atoms with Gasteiger partial charge >= 0.3 is 6.18 Å². The molecule has 0 aliphatic carbocycles. The minimum atomic E-state index is -4.37. The minimum absolute atomic E-state index is 0.273. The fourth-order valence-corrected chi connectivity index (χ4v) is 3.87. The third kappa shape index (κ3) is 9.72. The number of alkyl halides is 3. The van der Waals surface area contributed by atoms with Gasteiger partial charge in [0.25, 0.3) is 5.91 Å². The van der Waals surface area contributed by atoms with Crippen LogP contribution in [0.1, 0.15) is 59.7 Å². The van der Waals surface area contributed by atoms with Crippen LogP contribution >= 0.6 is 0 Å². The molecule has 3 aromatic carbocycles. The summed E-state index contributed by atoms with van der Waals surface area (Å²) in [5, 5.41) is 12.1. The third-order valence-electron chi connectivity index (χ3n) is 5.95. The molecule has 0 spiro atoms. The van der Waals surface area contributed by atoms with Crippen LogP contribution < -0.4 is 20.3 Å². The van der Waals surface area contributed by atoms with Crippen molar-refractivity contribution in [3.8, 4) is 11.5 Å². The van der Waals surface area contributed by atoms with Crippen molar-refractivity contribution in [3.05, 3.63) is 95.6 Å². The highest BCUT2D eigenvalue weighted by atomic mass is 19.4. The monoisotopic (exact) mass is 530 g/mol. The Morgan fingerprint density at radius 2 is 1.47 bits per heavy atom. The summed E-state index contributed by atoms with van der Waals surface area (Å²) in [6, 6.07) is 21.0. The molecule has 9 heteroatoms. The van der Waals surface area contributed by atoms with Crippen molar-refractivity contribution in [1.29, 1.82) is 0 Å². The lowest BCUT2D eigenvalue weighted by Gasteiger charge is -2.20. The summed E-state index contributed by atoms with van der Waals surface area (Å²) in [5.74, 6) is 0.515. The molecule has 6 nitrogen and oxygen atoms in total. The second-order valence-electron chi connectivity index (χ2n) is 8.81. The van der Waals surface area contributed by atoms with E-state index in [0.29, 0.717) is 36.6 Å². The number of ether oxygens (including phenoxy) is 2. The van der Waals surface area contributed by atoms with Gasteiger partial charge in [0.15, 0.2) is 0 Å². The van der Waals surface area contributed by atoms with Gasteiger partial charge in [-0.25, -0.2) is 5.48 Å². The van der Waals surface area contributed by atoms with Crippen LogP contribution in [-0.4, -0.2) is 30.8 Å². The summed E-state index contributed by atoms with van der Waals surface area (Å²) in [6.45, 7) is 2.16. The van der Waals surface area contributed by atoms with E-state index in [4.69, 9.17) is 14.7 Å². The Kier molecular flexibility index (Phi) is 11.4. The molecule has 204 valence electrons. The molecule has 3 rings (SSSR count). The summed E-state index contributed by atoms with van der Waals surface area (Å²) < 4.78 is 50.3. The number of halogens is 3. The molecule has 3 aromatic rings. The number of rotatable bonds is 15. The summed E-state index contributed by atoms with van der Waals surface area (Å²) in [7, 11) is 0. The van der Waals surface area contributed by atoms with Gasteiger partial charge in [0.1, 0.15) is 17.6 Å². The van der Waals surface area contributed by atoms with Crippen molar-refractivity contribution in [2.75, 3.05) is 19.7 Å². The Bertz CT molecular complexity index is 1090. The fraction of sp³-hybridized carbons (Fsp3) is 0.345. The predicted molar refractivity (Wildman–Crippen MR) is 138 cm³/mol. The zero-order valence-corrected chi connectivity index (χ0v) is 21.0. The first-order valence-electron chi connectivity index (χ1n) is 12.6. The van der Waals surface area contributed by atoms with Crippen molar-refractivity contribution < 1.29 is 32.6 Å². The van der Waals surface area contributed by atoms with Crippen LogP contribution in [0.2, 0.25) is 0 Å². The van der Waals surface area contributed by atoms with Gasteiger partial charge in [-0.3, -0.25) is 10.0 Å². The number of unbranched alkanes of at least 4 members (excludes halogenated alkanes) is 3. The lowest BCUT2D eigenvalue weighted by atomic mass is 10.1. The number of nitrogens with one attached hydrogen (secondary N) is 2. The van der Waals surface area contributed by atoms with E-state index >= 15 is 0 Å². The van der Waals surface area contributed by atoms with Crippen LogP contribution in [0.15, 0.2) is 78.9 Å². The summed E-state index contributed by atoms with van der Waals surface area (Å²) >= 11 is 0. The van der Waals surface area contributed by atoms with Gasteiger partial charge in [0.2, 0.25) is 0 Å². The van der Waals surface area contributed by atoms with Crippen LogP contribution in [0.25, 0.3) is 0 Å². The van der Waals surface area contributed by atoms with Crippen molar-refractivity contribution >= 4 is 5.91 Å². The molecule has 0 bridgehead atoms. The van der Waals surface area contributed by atoms with Crippen molar-refractivity contribution in [2.45, 2.75) is 44.4 Å². The van der Waals surface area contributed by atoms with Crippen LogP contribution in [0, 0.1) is 0 Å². The standard InChI is InChI=1S/C29H33F3N2O4/c30-29(31,32)24-12-16-26(17-13-24)38-27(22-8-4-3-5-9-22)18-20-33-19-6-1-2-7-21-37-25-14-10-23(11-15-25)28(35)34-36/h3-5,8-17,27,33,36H,1-2,6-7,18-21H2,(H,34,35)/t27-/m1/s1. The van der Waals surface area contributed by atoms with Gasteiger partial charge in [-0.05, 0) is 80.0 Å². The van der Waals surface area contributed by atoms with E-state index in [-0.39, 0.29) is 6.10 Å². The largest absolute Gasteiger partial charge is 0.494 e. The predicted octanol–water partition coefficient (Wildman–Crippen LogP) is 6.56. The number of carbonyl (C=O) groups excluding carboxylic acids is 1. The zero-order valence-electron chi connectivity index (χ0n) is 21.0. The van der Waals surface area contributed by atoms with E-state index < -0.39 is 17.6 Å². The van der Waals surface area contributed by atoms with Crippen LogP contribution in [-0.2, 0) is 6.18 Å². The molecule has 3 N–H and O–H groups in total. The first-order chi connectivity index (χ1) is 18.4. The molecule has 0 heterocycles. The Labute approximate surface area is 220 Å². The molecule has 0 fully saturated rings. The molecule has 0 saturated heterocycles. The van der Waals surface area contributed by atoms with Gasteiger partial charge in [0, 0.05) is 12.0 Å². The second-order valence-corrected chi connectivity index (χ2v) is 8.81. The Hall–Kier alpha value is -3.56. The van der Waals surface area contributed by atoms with Gasteiger partial charge in [-0.15, -0.1) is 0 Å². The maximum Gasteiger partial charge on any atom is 0.416 e. The van der Waals surface area contributed by atoms with E-state index in [0.717, 1.165) is 49.9 Å². The highest BCUT2D eigenvalue weighted by Gasteiger charge is 2.30. The number of hydrogen-bond acceptors (Lipinski definition) is 5. The molecule has 1 amide bonds. The first-order valence-corrected chi connectivity index (χ1v) is 12.6. The molecule has 0 aliphatic heterocycles. The lowest BCUT2D eigenvalue weighted by Crippen LogP contribution is -2.21. The quantitative estimate of drug-likeness (QED) is 0.118. The summed E-state index contributed by atoms with van der Waals surface area (Å²) in [5.41, 5.74) is 2.22. The highest BCUT2D eigenvalue weighted by molar-refractivity contribution is 5.93. The maximum atomic E-state index is 12.8. The molecule has 0 aliphatic rings. The average Bonchev–Trinajstić information content (AvgIpc) is 2.93. The molecule has 38 heavy (non-hydrogen) atoms. The van der Waals surface area contributed by atoms with Crippen molar-refractivity contribution in [3.63, 3.8) is 0 Å². The van der Waals surface area contributed by atoms with Gasteiger partial charge < -0.3 is 14.8 Å². The van der Waals surface area contributed by atoms with E-state index in [2.05, 4.69) is 5.32 Å². The smallest absolute Gasteiger partial charge is 0.416 e. The molecule has 0 aromatic heterocycles. The SMILES string of the molecule is O=C(NO)c1ccc(OCCCCCCNCC[C@@H](Oc2ccc(C(F)(F)F)cc2)c2ccccc2)cc1. The van der Waals surface area contributed by atoms with Crippen LogP contribution in [0.4, 0.5) is 13.2 Å². The van der Waals surface area contributed by atoms with Gasteiger partial charge in [-0.2, -0.15) is 13.2 Å². The fourth-order valence-electron chi connectivity index (χ4n) is 3.87. The van der Waals surface area contributed by atoms with Gasteiger partial charge in [-0.1, -0.05) is 43.2 Å². The van der Waals surface area contributed by atoms with E-state index in [9.17, 15) is 18.0 Å². The van der Waals surface area contributed by atoms with Crippen LogP contribution in [0.3, 0.4) is 0 Å². The van der Waals surface area contributed by atoms with Crippen LogP contribution in [0.5, 0.6) is 11.5 Å². The first kappa shape index (κ1) is 29.0. The maximum absolute atomic E-state index is 12.8. The summed E-state index contributed by atoms with van der Waals surface area (Å²) in [4.78, 5) is 11.3. The van der Waals surface area contributed by atoms with Crippen molar-refractivity contribution in [2.24, 2.45) is 0 Å². The molecule has 0 saturated carbocycles. The second kappa shape index (κ2) is 15.0. The number of hydrogen-bond donors (Lipinski definition) is 3. The molecule has 0 radical (unpaired) electrons. The molecular formula is C29H33F3N2O4. The van der Waals surface area contributed by atoms with E-state index in [1.165, 1.54) is 12.1 Å². The Morgan fingerprint density at radius 1 is 0.816 bits per heavy atom. The minimum Gasteiger partial charge on any atom is -0.494 e. The van der Waals surface area contributed by atoms with Gasteiger partial charge in [0.05, 0.1) is 12.2 Å². The normalized spacial score (nSPS) is 12.1. The molecular weight excluding hydrogens is 497 g/mol. The number of benzene rings is 3. The van der Waals surface area contributed by atoms with E-state index in [1.807, 2.05) is 30.3 Å². The van der Waals surface area contributed by atoms with Crippen molar-refractivity contribution in [1.82, 2.24) is 10.8 Å². The molecule has 1 atom stereocenters. The third-order valence-corrected chi connectivity index (χ3v) is 5.95. The molecule has 0 unspecified atom stereocenters.